The Balaban J connectivity index is 1.25. The van der Waals surface area contributed by atoms with Crippen molar-refractivity contribution in [2.75, 3.05) is 13.2 Å². The first kappa shape index (κ1) is 52.0. The molecule has 3 N–H and O–H groups in total. The number of rotatable bonds is 19. The largest absolute Gasteiger partial charge is 0.493 e. The van der Waals surface area contributed by atoms with Gasteiger partial charge in [-0.05, 0) is 129 Å². The first-order valence-corrected chi connectivity index (χ1v) is 26.9. The lowest BCUT2D eigenvalue weighted by Gasteiger charge is -2.17. The Labute approximate surface area is 463 Å². The van der Waals surface area contributed by atoms with E-state index >= 15 is 0 Å². The summed E-state index contributed by atoms with van der Waals surface area (Å²) in [6.07, 6.45) is 19.1. The smallest absolute Gasteiger partial charge is 0.303 e. The van der Waals surface area contributed by atoms with Crippen molar-refractivity contribution >= 4 is 122 Å². The number of aromatic amines is 2. The molecule has 16 heteroatoms. The second kappa shape index (κ2) is 23.6. The number of benzene rings is 4. The molecule has 4 aromatic carbocycles. The van der Waals surface area contributed by atoms with Gasteiger partial charge in [-0.2, -0.15) is 0 Å². The van der Waals surface area contributed by atoms with E-state index < -0.39 is 5.97 Å². The highest BCUT2D eigenvalue weighted by atomic mass is 35.5. The summed E-state index contributed by atoms with van der Waals surface area (Å²) in [6.45, 7) is 1.70. The van der Waals surface area contributed by atoms with Crippen molar-refractivity contribution < 1.29 is 19.4 Å². The van der Waals surface area contributed by atoms with Crippen molar-refractivity contribution in [2.45, 2.75) is 57.9 Å². The molecule has 380 valence electrons. The molecule has 6 heterocycles. The van der Waals surface area contributed by atoms with Crippen LogP contribution in [0.3, 0.4) is 0 Å². The summed E-state index contributed by atoms with van der Waals surface area (Å²) in [4.78, 5) is 33.8. The highest BCUT2D eigenvalue weighted by Gasteiger charge is 2.26. The minimum absolute atomic E-state index is 0.0927. The predicted molar refractivity (Wildman–Crippen MR) is 308 cm³/mol. The van der Waals surface area contributed by atoms with Gasteiger partial charge in [0.15, 0.2) is 0 Å². The van der Waals surface area contributed by atoms with Gasteiger partial charge in [-0.25, -0.2) is 15.0 Å². The van der Waals surface area contributed by atoms with Crippen molar-refractivity contribution in [2.24, 2.45) is 0 Å². The van der Waals surface area contributed by atoms with Gasteiger partial charge in [-0.15, -0.1) is 0 Å². The highest BCUT2D eigenvalue weighted by Crippen LogP contribution is 2.47. The molecular weight excluding hydrogens is 1070 g/mol. The Morgan fingerprint density at radius 1 is 0.467 bits per heavy atom. The Bertz CT molecular complexity index is 3470. The number of hydrogen-bond donors (Lipinski definition) is 3. The molecule has 0 saturated carbocycles. The van der Waals surface area contributed by atoms with Crippen LogP contribution >= 0.6 is 69.6 Å². The second-order valence-electron chi connectivity index (χ2n) is 18.0. The van der Waals surface area contributed by atoms with Crippen molar-refractivity contribution in [1.82, 2.24) is 29.5 Å². The molecule has 4 aromatic heterocycles. The predicted octanol–water partition coefficient (Wildman–Crippen LogP) is 18.1. The maximum Gasteiger partial charge on any atom is 0.303 e. The normalized spacial score (nSPS) is 11.9. The van der Waals surface area contributed by atoms with Crippen molar-refractivity contribution in [3.8, 4) is 56.0 Å². The van der Waals surface area contributed by atoms with E-state index in [0.29, 0.717) is 158 Å². The molecule has 2 aliphatic heterocycles. The average molecular weight is 1120 g/mol. The number of hydrogen-bond acceptors (Lipinski definition) is 6. The zero-order valence-corrected chi connectivity index (χ0v) is 44.8. The number of fused-ring (bicyclic) bond motifs is 8. The molecule has 2 aliphatic rings. The van der Waals surface area contributed by atoms with Crippen LogP contribution < -0.4 is 9.47 Å². The number of ether oxygens (including phenoxy) is 2. The van der Waals surface area contributed by atoms with Gasteiger partial charge >= 0.3 is 5.97 Å². The number of imidazole rings is 1. The van der Waals surface area contributed by atoms with E-state index in [0.717, 1.165) is 37.8 Å². The van der Waals surface area contributed by atoms with E-state index in [1.807, 2.05) is 79.3 Å². The third-order valence-electron chi connectivity index (χ3n) is 13.1. The molecule has 0 unspecified atom stereocenters. The lowest BCUT2D eigenvalue weighted by molar-refractivity contribution is -0.137. The highest BCUT2D eigenvalue weighted by molar-refractivity contribution is 6.41. The van der Waals surface area contributed by atoms with Crippen LogP contribution in [0.5, 0.6) is 11.5 Å². The maximum absolute atomic E-state index is 11.3. The Kier molecular flexibility index (Phi) is 16.3. The van der Waals surface area contributed by atoms with Gasteiger partial charge < -0.3 is 29.1 Å². The molecule has 75 heavy (non-hydrogen) atoms. The molecule has 0 fully saturated rings. The zero-order chi connectivity index (χ0) is 52.0. The Hall–Kier alpha value is -6.50. The maximum atomic E-state index is 11.3. The Morgan fingerprint density at radius 3 is 1.31 bits per heavy atom. The summed E-state index contributed by atoms with van der Waals surface area (Å²) in [5.74, 6) is 0.360. The van der Waals surface area contributed by atoms with Crippen molar-refractivity contribution in [3.63, 3.8) is 0 Å². The van der Waals surface area contributed by atoms with Crippen LogP contribution in [0.2, 0.25) is 30.1 Å². The topological polar surface area (TPSA) is 131 Å². The van der Waals surface area contributed by atoms with Crippen LogP contribution in [-0.4, -0.2) is 53.8 Å². The summed E-state index contributed by atoms with van der Waals surface area (Å²) in [5, 5.41) is 11.8. The molecule has 0 spiro atoms. The molecule has 0 radical (unpaired) electrons. The fraction of sp³-hybridized carbons (Fsp3) is 0.186. The van der Waals surface area contributed by atoms with E-state index in [2.05, 4.69) is 19.5 Å². The number of nitrogens with one attached hydrogen (secondary N) is 2. The first-order chi connectivity index (χ1) is 36.5. The lowest BCUT2D eigenvalue weighted by atomic mass is 10.0. The van der Waals surface area contributed by atoms with Gasteiger partial charge in [-0.1, -0.05) is 107 Å². The number of aryl methyl sites for hydroxylation is 1. The lowest BCUT2D eigenvalue weighted by Crippen LogP contribution is -2.04. The Morgan fingerprint density at radius 2 is 0.867 bits per heavy atom. The molecule has 0 amide bonds. The number of halogens is 6. The van der Waals surface area contributed by atoms with Gasteiger partial charge in [0.05, 0.1) is 78.0 Å². The summed E-state index contributed by atoms with van der Waals surface area (Å²) in [6, 6.07) is 30.0. The van der Waals surface area contributed by atoms with Crippen LogP contribution in [0.15, 0.2) is 116 Å². The van der Waals surface area contributed by atoms with Crippen LogP contribution in [0.1, 0.15) is 74.1 Å². The minimum atomic E-state index is -0.822. The number of carboxylic acid groups (broad SMARTS) is 1. The van der Waals surface area contributed by atoms with Gasteiger partial charge in [-0.3, -0.25) is 4.79 Å². The van der Waals surface area contributed by atoms with E-state index in [-0.39, 0.29) is 6.42 Å². The quantitative estimate of drug-likeness (QED) is 0.0687. The molecular formula is C59H48Cl6N6O4. The van der Waals surface area contributed by atoms with Crippen LogP contribution in [-0.2, 0) is 11.3 Å². The van der Waals surface area contributed by atoms with E-state index in [9.17, 15) is 9.90 Å². The number of aliphatic carboxylic acids is 1. The standard InChI is InChI=1S/C59H48Cl6N6O4/c60-35-12-8-13-36(61)52(35)55-41-21-23-43(67-41)56(53-37(62)14-9-15-38(53)63)45-25-27-47(69-45)58(48-28-26-46(70-48)57(44-24-22-42(55)68-44)54-39(64)16-10-17-40(54)65)59-49(74-32-6-2-1-5-30-71-31-29-66-34-71)18-11-19-50(59)75-33-7-3-4-20-51(72)73/h8-19,21-29,31,34,69-70H,1-7,20,30,32-33H2,(H,72,73). The van der Waals surface area contributed by atoms with Gasteiger partial charge in [0.2, 0.25) is 0 Å². The fourth-order valence-electron chi connectivity index (χ4n) is 9.55. The van der Waals surface area contributed by atoms with Gasteiger partial charge in [0, 0.05) is 86.4 Å². The van der Waals surface area contributed by atoms with Crippen LogP contribution in [0.4, 0.5) is 0 Å². The molecule has 8 bridgehead atoms. The summed E-state index contributed by atoms with van der Waals surface area (Å²) < 4.78 is 15.6. The van der Waals surface area contributed by atoms with Gasteiger partial charge in [0.1, 0.15) is 11.5 Å². The minimum Gasteiger partial charge on any atom is -0.493 e. The van der Waals surface area contributed by atoms with E-state index in [1.165, 1.54) is 0 Å². The van der Waals surface area contributed by atoms with Crippen LogP contribution in [0.25, 0.3) is 90.9 Å². The first-order valence-electron chi connectivity index (χ1n) is 24.6. The summed E-state index contributed by atoms with van der Waals surface area (Å²) >= 11 is 42.6. The monoisotopic (exact) mass is 1110 g/mol. The SMILES string of the molecule is O=C(O)CCCCCOc1cccc(OCCCCCCn2ccnc2)c1-c1c2ccc([nH]2)c(-c2c(Cl)cccc2Cl)c2nc(c(-c3c(Cl)cccc3Cl)c3nc(c(-c4c(Cl)cccc4Cl)c4ccc1[nH]4)C=C3)C=C2. The summed E-state index contributed by atoms with van der Waals surface area (Å²) in [5.41, 5.74) is 9.94. The number of nitrogens with zero attached hydrogens (tertiary/aromatic N) is 4. The van der Waals surface area contributed by atoms with Crippen molar-refractivity contribution in [1.29, 1.82) is 0 Å². The number of unbranched alkanes of at least 4 members (excludes halogenated alkanes) is 5. The second-order valence-corrected chi connectivity index (χ2v) is 20.5. The van der Waals surface area contributed by atoms with Crippen molar-refractivity contribution in [3.05, 3.63) is 169 Å². The third-order valence-corrected chi connectivity index (χ3v) is 14.9. The molecule has 0 saturated heterocycles. The number of aromatic nitrogens is 6. The number of carbonyl (C=O) groups is 1. The molecule has 8 aromatic rings. The summed E-state index contributed by atoms with van der Waals surface area (Å²) in [7, 11) is 0. The average Bonchev–Trinajstić information content (AvgIpc) is 4.28. The van der Waals surface area contributed by atoms with Crippen LogP contribution in [0, 0.1) is 0 Å². The molecule has 10 rings (SSSR count). The fourth-order valence-corrected chi connectivity index (χ4v) is 11.3. The number of carboxylic acids is 1. The zero-order valence-electron chi connectivity index (χ0n) is 40.3. The van der Waals surface area contributed by atoms with E-state index in [4.69, 9.17) is 89.0 Å². The van der Waals surface area contributed by atoms with Gasteiger partial charge in [0.25, 0.3) is 0 Å². The van der Waals surface area contributed by atoms with E-state index in [1.54, 1.807) is 60.8 Å². The molecule has 10 nitrogen and oxygen atoms in total. The number of H-pyrrole nitrogens is 2. The third kappa shape index (κ3) is 11.4. The molecule has 0 atom stereocenters. The molecule has 0 aliphatic carbocycles.